The molecule has 1 aromatic heterocycles. The average molecular weight is 484 g/mol. The predicted molar refractivity (Wildman–Crippen MR) is 101 cm³/mol. The molecular formula is C15H7BCl2F2N3NaO5S. The Morgan fingerprint density at radius 1 is 1.10 bits per heavy atom. The minimum absolute atomic E-state index is 0. The van der Waals surface area contributed by atoms with Crippen LogP contribution in [0.1, 0.15) is 11.3 Å². The molecule has 0 unspecified atom stereocenters. The van der Waals surface area contributed by atoms with Crippen LogP contribution < -0.4 is 29.6 Å². The monoisotopic (exact) mass is 483 g/mol. The first-order chi connectivity index (χ1) is 13.4. The Balaban J connectivity index is 0.00000256. The molecule has 0 spiro atoms. The Bertz CT molecular complexity index is 1310. The van der Waals surface area contributed by atoms with E-state index in [1.54, 1.807) is 0 Å². The van der Waals surface area contributed by atoms with Gasteiger partial charge in [-0.3, -0.25) is 10.1 Å². The number of non-ortho nitro benzene ring substituents is 1. The van der Waals surface area contributed by atoms with Crippen molar-refractivity contribution in [2.75, 3.05) is 0 Å². The molecule has 2 aliphatic heterocycles. The number of nitrogens with zero attached hydrogens (tertiary/aromatic N) is 3. The van der Waals surface area contributed by atoms with Gasteiger partial charge >= 0.3 is 36.5 Å². The maximum atomic E-state index is 15.2. The first kappa shape index (κ1) is 23.1. The third-order valence-corrected chi connectivity index (χ3v) is 6.24. The maximum absolute atomic E-state index is 15.2. The van der Waals surface area contributed by atoms with Crippen molar-refractivity contribution in [3.8, 4) is 0 Å². The van der Waals surface area contributed by atoms with Crippen molar-refractivity contribution in [1.82, 2.24) is 4.48 Å². The second kappa shape index (κ2) is 7.55. The number of rotatable bonds is 3. The van der Waals surface area contributed by atoms with Gasteiger partial charge in [0.1, 0.15) is 15.0 Å². The van der Waals surface area contributed by atoms with E-state index in [0.717, 1.165) is 18.2 Å². The molecule has 0 aliphatic carbocycles. The zero-order chi connectivity index (χ0) is 21.3. The van der Waals surface area contributed by atoms with Gasteiger partial charge in [0.15, 0.2) is 5.70 Å². The van der Waals surface area contributed by atoms with E-state index in [9.17, 15) is 23.1 Å². The molecule has 0 radical (unpaired) electrons. The fourth-order valence-corrected chi connectivity index (χ4v) is 4.76. The number of allylic oxidation sites excluding steroid dienone is 2. The summed E-state index contributed by atoms with van der Waals surface area (Å²) in [6.45, 7) is -4.72. The van der Waals surface area contributed by atoms with Crippen LogP contribution in [0.15, 0.2) is 53.1 Å². The fourth-order valence-electron chi connectivity index (χ4n) is 3.38. The number of hydrogen-bond donors (Lipinski definition) is 0. The molecule has 8 nitrogen and oxygen atoms in total. The molecule has 2 aromatic rings. The molecule has 2 aliphatic rings. The van der Waals surface area contributed by atoms with Crippen molar-refractivity contribution in [2.24, 2.45) is 0 Å². The number of hydrogen-bond acceptors (Lipinski definition) is 5. The van der Waals surface area contributed by atoms with Crippen LogP contribution in [0.3, 0.4) is 0 Å². The molecule has 0 atom stereocenters. The summed E-state index contributed by atoms with van der Waals surface area (Å²) < 4.78 is 65.7. The molecule has 0 saturated heterocycles. The Labute approximate surface area is 200 Å². The van der Waals surface area contributed by atoms with Gasteiger partial charge in [0.25, 0.3) is 5.69 Å². The van der Waals surface area contributed by atoms with E-state index in [4.69, 9.17) is 23.2 Å². The Morgan fingerprint density at radius 2 is 1.70 bits per heavy atom. The van der Waals surface area contributed by atoms with E-state index in [0.29, 0.717) is 4.48 Å². The SMILES string of the molecule is O=[N+]([O-])c1ccc(C2=C3C=C(S(=O)(=O)[O-])C(Cl)=[N+]3[B-](F)(F)n3c(Cl)ccc32)cc1.[Na+]. The summed E-state index contributed by atoms with van der Waals surface area (Å²) in [6, 6.07) is 7.47. The molecule has 3 heterocycles. The van der Waals surface area contributed by atoms with Crippen molar-refractivity contribution in [1.29, 1.82) is 0 Å². The van der Waals surface area contributed by atoms with E-state index in [1.807, 2.05) is 0 Å². The van der Waals surface area contributed by atoms with Gasteiger partial charge < -0.3 is 22.1 Å². The van der Waals surface area contributed by atoms with Gasteiger partial charge in [0.2, 0.25) is 5.17 Å². The first-order valence-electron chi connectivity index (χ1n) is 7.83. The number of nitro benzene ring substituents is 1. The molecule has 0 N–H and O–H groups in total. The van der Waals surface area contributed by atoms with Crippen molar-refractivity contribution in [3.05, 3.63) is 79.6 Å². The van der Waals surface area contributed by atoms with Crippen LogP contribution in [0.25, 0.3) is 5.57 Å². The topological polar surface area (TPSA) is 108 Å². The zero-order valence-electron chi connectivity index (χ0n) is 14.9. The number of fused-ring (bicyclic) bond motifs is 2. The molecule has 0 amide bonds. The van der Waals surface area contributed by atoms with Gasteiger partial charge in [-0.2, -0.15) is 0 Å². The van der Waals surface area contributed by atoms with Crippen LogP contribution in [0.2, 0.25) is 5.15 Å². The van der Waals surface area contributed by atoms with Crippen LogP contribution in [-0.4, -0.2) is 39.0 Å². The van der Waals surface area contributed by atoms with Crippen LogP contribution in [0.4, 0.5) is 14.3 Å². The summed E-state index contributed by atoms with van der Waals surface area (Å²) in [7, 11) is -5.15. The molecule has 0 bridgehead atoms. The van der Waals surface area contributed by atoms with Gasteiger partial charge in [0, 0.05) is 23.9 Å². The maximum Gasteiger partial charge on any atom is 1.00 e. The average Bonchev–Trinajstić information content (AvgIpc) is 3.17. The molecule has 0 fully saturated rings. The third-order valence-electron chi connectivity index (χ3n) is 4.58. The van der Waals surface area contributed by atoms with E-state index in [2.05, 4.69) is 0 Å². The number of halogens is 4. The number of benzene rings is 1. The predicted octanol–water partition coefficient (Wildman–Crippen LogP) is 0.142. The summed E-state index contributed by atoms with van der Waals surface area (Å²) in [6.07, 6.45) is 0.765. The minimum Gasteiger partial charge on any atom is -0.744 e. The Kier molecular flexibility index (Phi) is 5.82. The normalized spacial score (nSPS) is 17.3. The van der Waals surface area contributed by atoms with Gasteiger partial charge in [0.05, 0.1) is 15.6 Å². The van der Waals surface area contributed by atoms with Crippen molar-refractivity contribution < 1.29 is 60.6 Å². The fraction of sp³-hybridized carbons (Fsp3) is 0. The van der Waals surface area contributed by atoms with Crippen molar-refractivity contribution >= 4 is 56.7 Å². The van der Waals surface area contributed by atoms with Crippen LogP contribution in [0, 0.1) is 10.1 Å². The van der Waals surface area contributed by atoms with E-state index in [-0.39, 0.29) is 67.4 Å². The number of aromatic nitrogens is 1. The molecule has 1 aromatic carbocycles. The molecule has 15 heteroatoms. The van der Waals surface area contributed by atoms with Crippen LogP contribution in [-0.2, 0) is 10.1 Å². The van der Waals surface area contributed by atoms with Crippen LogP contribution in [0.5, 0.6) is 0 Å². The van der Waals surface area contributed by atoms with E-state index >= 15 is 8.63 Å². The third kappa shape index (κ3) is 3.36. The van der Waals surface area contributed by atoms with Gasteiger partial charge in [-0.1, -0.05) is 11.6 Å². The Morgan fingerprint density at radius 3 is 2.23 bits per heavy atom. The minimum atomic E-state index is -5.15. The quantitative estimate of drug-likeness (QED) is 0.267. The molecule has 150 valence electrons. The van der Waals surface area contributed by atoms with Crippen molar-refractivity contribution in [2.45, 2.75) is 0 Å². The second-order valence-electron chi connectivity index (χ2n) is 6.19. The van der Waals surface area contributed by atoms with E-state index < -0.39 is 32.1 Å². The summed E-state index contributed by atoms with van der Waals surface area (Å²) in [5.74, 6) is 0. The molecule has 4 rings (SSSR count). The molecule has 0 saturated carbocycles. The summed E-state index contributed by atoms with van der Waals surface area (Å²) in [5.41, 5.74) is -0.292. The zero-order valence-corrected chi connectivity index (χ0v) is 19.3. The largest absolute Gasteiger partial charge is 1.00 e. The summed E-state index contributed by atoms with van der Waals surface area (Å²) in [4.78, 5) is 9.26. The first-order valence-corrected chi connectivity index (χ1v) is 9.99. The standard InChI is InChI=1S/C15H8BCl2F2N3O5S.Na/c17-13-6-5-10-14(8-1-3-9(4-2-8)23(24)25)11-7-12(29(26,27)28)15(18)22(11)16(19,20)21(10)13;/h1-7H,(H,26,27,28);/q;+1/p-1. The Hall–Kier alpha value is -1.54. The van der Waals surface area contributed by atoms with Gasteiger partial charge in [-0.25, -0.2) is 8.42 Å². The van der Waals surface area contributed by atoms with Gasteiger partial charge in [-0.15, -0.1) is 0 Å². The summed E-state index contributed by atoms with van der Waals surface area (Å²) >= 11 is 11.8. The molecule has 30 heavy (non-hydrogen) atoms. The van der Waals surface area contributed by atoms with E-state index in [1.165, 1.54) is 24.3 Å². The second-order valence-corrected chi connectivity index (χ2v) is 8.28. The molecular weight excluding hydrogens is 477 g/mol. The summed E-state index contributed by atoms with van der Waals surface area (Å²) in [5, 5.41) is 9.60. The van der Waals surface area contributed by atoms with Crippen LogP contribution >= 0.6 is 23.2 Å². The number of nitro groups is 1. The van der Waals surface area contributed by atoms with Gasteiger partial charge in [-0.05, 0) is 41.4 Å². The smallest absolute Gasteiger partial charge is 0.744 e. The van der Waals surface area contributed by atoms with Crippen molar-refractivity contribution in [3.63, 3.8) is 0 Å².